The van der Waals surface area contributed by atoms with E-state index in [-0.39, 0.29) is 17.5 Å². The second kappa shape index (κ2) is 8.10. The summed E-state index contributed by atoms with van der Waals surface area (Å²) >= 11 is 0. The summed E-state index contributed by atoms with van der Waals surface area (Å²) in [6, 6.07) is 7.16. The molecule has 0 amide bonds. The van der Waals surface area contributed by atoms with E-state index in [1.165, 1.54) is 0 Å². The number of likely N-dealkylation sites (tertiary alicyclic amines) is 1. The number of morpholine rings is 1. The van der Waals surface area contributed by atoms with Gasteiger partial charge in [-0.2, -0.15) is 0 Å². The molecule has 24 heavy (non-hydrogen) atoms. The Kier molecular flexibility index (Phi) is 5.87. The number of benzene rings is 1. The van der Waals surface area contributed by atoms with E-state index in [1.54, 1.807) is 24.3 Å². The van der Waals surface area contributed by atoms with Gasteiger partial charge in [0.2, 0.25) is 0 Å². The Morgan fingerprint density at radius 2 is 1.79 bits per heavy atom. The van der Waals surface area contributed by atoms with Gasteiger partial charge in [-0.1, -0.05) is 0 Å². The minimum Gasteiger partial charge on any atom is -0.508 e. The molecule has 0 aliphatic carbocycles. The van der Waals surface area contributed by atoms with Gasteiger partial charge in [0, 0.05) is 37.2 Å². The number of phenolic OH excluding ortho intramolecular Hbond substituents is 1. The van der Waals surface area contributed by atoms with Crippen molar-refractivity contribution in [2.75, 3.05) is 45.9 Å². The monoisotopic (exact) mass is 332 g/mol. The van der Waals surface area contributed by atoms with Crippen LogP contribution < -0.4 is 0 Å². The first-order valence-electron chi connectivity index (χ1n) is 9.01. The van der Waals surface area contributed by atoms with E-state index in [9.17, 15) is 9.90 Å². The van der Waals surface area contributed by atoms with Crippen molar-refractivity contribution in [2.24, 2.45) is 5.92 Å². The van der Waals surface area contributed by atoms with Crippen LogP contribution in [0.15, 0.2) is 24.3 Å². The lowest BCUT2D eigenvalue weighted by molar-refractivity contribution is 0.0204. The number of phenols is 1. The van der Waals surface area contributed by atoms with Crippen molar-refractivity contribution in [3.05, 3.63) is 29.8 Å². The number of rotatable bonds is 5. The maximum absolute atomic E-state index is 12.6. The van der Waals surface area contributed by atoms with E-state index in [4.69, 9.17) is 4.74 Å². The minimum absolute atomic E-state index is 0.112. The van der Waals surface area contributed by atoms with Gasteiger partial charge in [0.1, 0.15) is 5.75 Å². The Hall–Kier alpha value is -1.43. The Bertz CT molecular complexity index is 532. The second-order valence-corrected chi connectivity index (χ2v) is 6.98. The lowest BCUT2D eigenvalue weighted by Gasteiger charge is -2.38. The number of hydrogen-bond acceptors (Lipinski definition) is 5. The molecule has 1 N–H and O–H groups in total. The third kappa shape index (κ3) is 4.35. The largest absolute Gasteiger partial charge is 0.508 e. The molecule has 0 radical (unpaired) electrons. The van der Waals surface area contributed by atoms with Crippen LogP contribution in [0, 0.1) is 5.92 Å². The van der Waals surface area contributed by atoms with Gasteiger partial charge in [-0.15, -0.1) is 0 Å². The minimum atomic E-state index is 0.112. The fourth-order valence-corrected chi connectivity index (χ4v) is 3.74. The summed E-state index contributed by atoms with van der Waals surface area (Å²) < 4.78 is 5.41. The lowest BCUT2D eigenvalue weighted by Crippen LogP contribution is -2.49. The Morgan fingerprint density at radius 3 is 2.42 bits per heavy atom. The highest BCUT2D eigenvalue weighted by Crippen LogP contribution is 2.24. The van der Waals surface area contributed by atoms with Crippen LogP contribution >= 0.6 is 0 Å². The predicted octanol–water partition coefficient (Wildman–Crippen LogP) is 2.01. The highest BCUT2D eigenvalue weighted by molar-refractivity contribution is 5.98. The number of carbonyl (C=O) groups is 1. The van der Waals surface area contributed by atoms with Crippen LogP contribution in [0.2, 0.25) is 0 Å². The van der Waals surface area contributed by atoms with Gasteiger partial charge >= 0.3 is 0 Å². The third-order valence-corrected chi connectivity index (χ3v) is 5.30. The molecule has 2 aliphatic rings. The number of carbonyl (C=O) groups excluding carboxylic acids is 1. The third-order valence-electron chi connectivity index (χ3n) is 5.30. The van der Waals surface area contributed by atoms with Crippen LogP contribution in [0.5, 0.6) is 5.75 Å². The van der Waals surface area contributed by atoms with Crippen molar-refractivity contribution in [1.29, 1.82) is 0 Å². The molecule has 132 valence electrons. The van der Waals surface area contributed by atoms with Gasteiger partial charge in [-0.3, -0.25) is 14.6 Å². The van der Waals surface area contributed by atoms with Crippen LogP contribution in [0.4, 0.5) is 0 Å². The van der Waals surface area contributed by atoms with Crippen molar-refractivity contribution in [1.82, 2.24) is 9.80 Å². The number of ketones is 1. The molecule has 0 saturated carbocycles. The maximum atomic E-state index is 12.6. The Morgan fingerprint density at radius 1 is 1.17 bits per heavy atom. The molecule has 0 unspecified atom stereocenters. The van der Waals surface area contributed by atoms with E-state index in [1.807, 2.05) is 0 Å². The standard InChI is InChI=1S/C19H28N2O3/c1-15(14-20-10-12-24-13-11-20)21-8-6-17(7-9-21)19(23)16-2-4-18(22)5-3-16/h2-5,15,17,22H,6-14H2,1H3/t15-/m1/s1. The quantitative estimate of drug-likeness (QED) is 0.836. The summed E-state index contributed by atoms with van der Waals surface area (Å²) in [6.07, 6.45) is 1.85. The maximum Gasteiger partial charge on any atom is 0.166 e. The van der Waals surface area contributed by atoms with Crippen LogP contribution in [-0.2, 0) is 4.74 Å². The molecule has 5 nitrogen and oxygen atoms in total. The molecule has 2 fully saturated rings. The van der Waals surface area contributed by atoms with Crippen molar-refractivity contribution < 1.29 is 14.6 Å². The van der Waals surface area contributed by atoms with Crippen molar-refractivity contribution in [2.45, 2.75) is 25.8 Å². The number of nitrogens with zero attached hydrogens (tertiary/aromatic N) is 2. The van der Waals surface area contributed by atoms with Crippen LogP contribution in [0.25, 0.3) is 0 Å². The van der Waals surface area contributed by atoms with Crippen molar-refractivity contribution >= 4 is 5.78 Å². The molecule has 2 aliphatic heterocycles. The first-order valence-corrected chi connectivity index (χ1v) is 9.01. The van der Waals surface area contributed by atoms with Crippen LogP contribution in [0.3, 0.4) is 0 Å². The zero-order chi connectivity index (χ0) is 16.9. The average molecular weight is 332 g/mol. The summed E-state index contributed by atoms with van der Waals surface area (Å²) in [4.78, 5) is 17.6. The molecule has 0 spiro atoms. The molecule has 0 bridgehead atoms. The topological polar surface area (TPSA) is 53.0 Å². The summed E-state index contributed by atoms with van der Waals surface area (Å²) in [6.45, 7) is 9.09. The predicted molar refractivity (Wildman–Crippen MR) is 93.5 cm³/mol. The molecule has 3 rings (SSSR count). The zero-order valence-corrected chi connectivity index (χ0v) is 14.5. The fraction of sp³-hybridized carbons (Fsp3) is 0.632. The fourth-order valence-electron chi connectivity index (χ4n) is 3.74. The second-order valence-electron chi connectivity index (χ2n) is 6.98. The Labute approximate surface area is 144 Å². The van der Waals surface area contributed by atoms with Gasteiger partial charge in [-0.25, -0.2) is 0 Å². The normalized spacial score (nSPS) is 22.4. The highest BCUT2D eigenvalue weighted by atomic mass is 16.5. The molecule has 2 heterocycles. The van der Waals surface area contributed by atoms with Crippen LogP contribution in [-0.4, -0.2) is 72.7 Å². The SMILES string of the molecule is C[C@H](CN1CCOCC1)N1CCC(C(=O)c2ccc(O)cc2)CC1. The molecular formula is C19H28N2O3. The van der Waals surface area contributed by atoms with Crippen LogP contribution in [0.1, 0.15) is 30.1 Å². The first kappa shape index (κ1) is 17.4. The first-order chi connectivity index (χ1) is 11.6. The van der Waals surface area contributed by atoms with E-state index in [2.05, 4.69) is 16.7 Å². The molecule has 0 aromatic heterocycles. The highest BCUT2D eigenvalue weighted by Gasteiger charge is 2.28. The Balaban J connectivity index is 1.47. The van der Waals surface area contributed by atoms with E-state index in [0.717, 1.165) is 58.8 Å². The number of hydrogen-bond donors (Lipinski definition) is 1. The van der Waals surface area contributed by atoms with E-state index in [0.29, 0.717) is 11.6 Å². The number of piperidine rings is 1. The summed E-state index contributed by atoms with van der Waals surface area (Å²) in [5.74, 6) is 0.537. The van der Waals surface area contributed by atoms with Crippen molar-refractivity contribution in [3.8, 4) is 5.75 Å². The molecule has 1 aromatic rings. The molecular weight excluding hydrogens is 304 g/mol. The van der Waals surface area contributed by atoms with Crippen molar-refractivity contribution in [3.63, 3.8) is 0 Å². The lowest BCUT2D eigenvalue weighted by atomic mass is 9.88. The van der Waals surface area contributed by atoms with Gasteiger partial charge < -0.3 is 9.84 Å². The van der Waals surface area contributed by atoms with Gasteiger partial charge in [0.25, 0.3) is 0 Å². The molecule has 1 aromatic carbocycles. The molecule has 2 saturated heterocycles. The van der Waals surface area contributed by atoms with E-state index < -0.39 is 0 Å². The summed E-state index contributed by atoms with van der Waals surface area (Å²) in [5.41, 5.74) is 0.715. The smallest absolute Gasteiger partial charge is 0.166 e. The van der Waals surface area contributed by atoms with Gasteiger partial charge in [-0.05, 0) is 57.1 Å². The van der Waals surface area contributed by atoms with Gasteiger partial charge in [0.15, 0.2) is 5.78 Å². The average Bonchev–Trinajstić information content (AvgIpc) is 2.63. The molecule has 1 atom stereocenters. The molecule has 5 heteroatoms. The number of Topliss-reactive ketones (excluding diaryl/α,β-unsaturated/α-hetero) is 1. The number of aromatic hydroxyl groups is 1. The summed E-state index contributed by atoms with van der Waals surface area (Å²) in [7, 11) is 0. The van der Waals surface area contributed by atoms with E-state index >= 15 is 0 Å². The van der Waals surface area contributed by atoms with Gasteiger partial charge in [0.05, 0.1) is 13.2 Å². The summed E-state index contributed by atoms with van der Waals surface area (Å²) in [5, 5.41) is 9.35. The zero-order valence-electron chi connectivity index (χ0n) is 14.5. The number of ether oxygens (including phenoxy) is 1.